The second-order valence-corrected chi connectivity index (χ2v) is 6.38. The Kier molecular flexibility index (Phi) is 4.74. The zero-order chi connectivity index (χ0) is 15.6. The van der Waals surface area contributed by atoms with E-state index >= 15 is 0 Å². The van der Waals surface area contributed by atoms with E-state index in [4.69, 9.17) is 4.74 Å². The second kappa shape index (κ2) is 6.20. The number of benzene rings is 1. The molecule has 21 heavy (non-hydrogen) atoms. The van der Waals surface area contributed by atoms with Crippen LogP contribution in [0.1, 0.15) is 38.9 Å². The van der Waals surface area contributed by atoms with E-state index in [9.17, 15) is 9.59 Å². The number of rotatable bonds is 4. The van der Waals surface area contributed by atoms with Crippen molar-refractivity contribution in [1.29, 1.82) is 0 Å². The SMILES string of the molecule is CCC(=O)N1[C@@H](C=O)[C@H](c2ccc(SC)cc2)OC1(C)C. The lowest BCUT2D eigenvalue weighted by Gasteiger charge is -2.31. The van der Waals surface area contributed by atoms with E-state index in [0.717, 1.165) is 16.7 Å². The minimum absolute atomic E-state index is 0.0691. The van der Waals surface area contributed by atoms with Gasteiger partial charge in [-0.15, -0.1) is 11.8 Å². The quantitative estimate of drug-likeness (QED) is 0.633. The van der Waals surface area contributed by atoms with Gasteiger partial charge >= 0.3 is 0 Å². The zero-order valence-corrected chi connectivity index (χ0v) is 13.6. The Bertz CT molecular complexity index is 527. The molecular formula is C16H21NO3S. The molecule has 1 aromatic carbocycles. The van der Waals surface area contributed by atoms with Crippen LogP contribution in [-0.2, 0) is 14.3 Å². The minimum atomic E-state index is -0.776. The third kappa shape index (κ3) is 2.99. The molecule has 0 radical (unpaired) electrons. The van der Waals surface area contributed by atoms with E-state index in [-0.39, 0.29) is 5.91 Å². The monoisotopic (exact) mass is 307 g/mol. The predicted molar refractivity (Wildman–Crippen MR) is 83.1 cm³/mol. The molecule has 1 saturated heterocycles. The van der Waals surface area contributed by atoms with Gasteiger partial charge in [-0.25, -0.2) is 0 Å². The number of ether oxygens (including phenoxy) is 1. The largest absolute Gasteiger partial charge is 0.346 e. The Morgan fingerprint density at radius 3 is 2.48 bits per heavy atom. The molecule has 2 rings (SSSR count). The van der Waals surface area contributed by atoms with E-state index in [2.05, 4.69) is 0 Å². The first-order chi connectivity index (χ1) is 9.94. The Labute approximate surface area is 129 Å². The van der Waals surface area contributed by atoms with Crippen LogP contribution in [0.4, 0.5) is 0 Å². The Morgan fingerprint density at radius 1 is 1.38 bits per heavy atom. The van der Waals surface area contributed by atoms with Gasteiger partial charge in [0.2, 0.25) is 5.91 Å². The lowest BCUT2D eigenvalue weighted by atomic mass is 10.0. The molecule has 0 N–H and O–H groups in total. The van der Waals surface area contributed by atoms with Crippen molar-refractivity contribution in [1.82, 2.24) is 4.90 Å². The molecule has 4 nitrogen and oxygen atoms in total. The molecule has 1 aliphatic heterocycles. The van der Waals surface area contributed by atoms with E-state index in [1.807, 2.05) is 44.4 Å². The normalized spacial score (nSPS) is 24.1. The summed E-state index contributed by atoms with van der Waals surface area (Å²) in [5, 5.41) is 0. The van der Waals surface area contributed by atoms with E-state index in [0.29, 0.717) is 6.42 Å². The van der Waals surface area contributed by atoms with Crippen molar-refractivity contribution < 1.29 is 14.3 Å². The van der Waals surface area contributed by atoms with Crippen molar-refractivity contribution in [2.75, 3.05) is 6.26 Å². The summed E-state index contributed by atoms with van der Waals surface area (Å²) in [6.07, 6.45) is 2.77. The first-order valence-electron chi connectivity index (χ1n) is 7.03. The average Bonchev–Trinajstić information content (AvgIpc) is 2.77. The number of nitrogens with zero attached hydrogens (tertiary/aromatic N) is 1. The van der Waals surface area contributed by atoms with Gasteiger partial charge in [-0.05, 0) is 37.8 Å². The first-order valence-corrected chi connectivity index (χ1v) is 8.26. The second-order valence-electron chi connectivity index (χ2n) is 5.50. The summed E-state index contributed by atoms with van der Waals surface area (Å²) >= 11 is 1.66. The molecule has 5 heteroatoms. The summed E-state index contributed by atoms with van der Waals surface area (Å²) in [6, 6.07) is 7.35. The number of amides is 1. The lowest BCUT2D eigenvalue weighted by molar-refractivity contribution is -0.148. The molecular weight excluding hydrogens is 286 g/mol. The van der Waals surface area contributed by atoms with Gasteiger partial charge in [-0.3, -0.25) is 4.79 Å². The number of carbonyl (C=O) groups is 2. The first kappa shape index (κ1) is 16.0. The molecule has 114 valence electrons. The maximum atomic E-state index is 12.2. The highest BCUT2D eigenvalue weighted by atomic mass is 32.2. The fourth-order valence-corrected chi connectivity index (χ4v) is 3.17. The molecule has 1 heterocycles. The molecule has 0 bridgehead atoms. The number of hydrogen-bond donors (Lipinski definition) is 0. The fourth-order valence-electron chi connectivity index (χ4n) is 2.76. The van der Waals surface area contributed by atoms with Crippen molar-refractivity contribution in [2.24, 2.45) is 0 Å². The molecule has 0 aliphatic carbocycles. The van der Waals surface area contributed by atoms with Gasteiger partial charge in [0, 0.05) is 11.3 Å². The van der Waals surface area contributed by atoms with Crippen LogP contribution in [0, 0.1) is 0 Å². The number of aldehydes is 1. The third-order valence-corrected chi connectivity index (χ3v) is 4.50. The third-order valence-electron chi connectivity index (χ3n) is 3.76. The highest BCUT2D eigenvalue weighted by Crippen LogP contribution is 2.40. The summed E-state index contributed by atoms with van der Waals surface area (Å²) in [6.45, 7) is 5.45. The molecule has 1 aliphatic rings. The molecule has 0 aromatic heterocycles. The topological polar surface area (TPSA) is 46.6 Å². The molecule has 0 unspecified atom stereocenters. The van der Waals surface area contributed by atoms with Crippen LogP contribution in [0.3, 0.4) is 0 Å². The van der Waals surface area contributed by atoms with Crippen molar-refractivity contribution in [3.8, 4) is 0 Å². The van der Waals surface area contributed by atoms with Crippen LogP contribution in [0.15, 0.2) is 29.2 Å². The highest BCUT2D eigenvalue weighted by molar-refractivity contribution is 7.98. The van der Waals surface area contributed by atoms with Crippen molar-refractivity contribution in [3.63, 3.8) is 0 Å². The van der Waals surface area contributed by atoms with E-state index in [1.165, 1.54) is 0 Å². The van der Waals surface area contributed by atoms with Crippen LogP contribution in [0.5, 0.6) is 0 Å². The summed E-state index contributed by atoms with van der Waals surface area (Å²) in [5.41, 5.74) is 0.144. The summed E-state index contributed by atoms with van der Waals surface area (Å²) in [4.78, 5) is 26.4. The smallest absolute Gasteiger partial charge is 0.225 e. The Balaban J connectivity index is 2.35. The Hall–Kier alpha value is -1.33. The average molecular weight is 307 g/mol. The lowest BCUT2D eigenvalue weighted by Crippen LogP contribution is -2.48. The van der Waals surface area contributed by atoms with Crippen molar-refractivity contribution in [2.45, 2.75) is 50.0 Å². The van der Waals surface area contributed by atoms with Crippen LogP contribution >= 0.6 is 11.8 Å². The van der Waals surface area contributed by atoms with Crippen LogP contribution in [0.25, 0.3) is 0 Å². The predicted octanol–water partition coefficient (Wildman–Crippen LogP) is 3.02. The van der Waals surface area contributed by atoms with Gasteiger partial charge < -0.3 is 14.4 Å². The number of thioether (sulfide) groups is 1. The fraction of sp³-hybridized carbons (Fsp3) is 0.500. The molecule has 1 aromatic rings. The number of hydrogen-bond acceptors (Lipinski definition) is 4. The maximum Gasteiger partial charge on any atom is 0.225 e. The molecule has 0 spiro atoms. The summed E-state index contributed by atoms with van der Waals surface area (Å²) < 4.78 is 6.01. The standard InChI is InChI=1S/C16H21NO3S/c1-5-14(19)17-13(10-18)15(20-16(17,2)3)11-6-8-12(21-4)9-7-11/h6-10,13,15H,5H2,1-4H3/t13-,15-/m0/s1. The molecule has 2 atom stereocenters. The molecule has 0 saturated carbocycles. The van der Waals surface area contributed by atoms with Crippen molar-refractivity contribution in [3.05, 3.63) is 29.8 Å². The van der Waals surface area contributed by atoms with Gasteiger partial charge in [0.25, 0.3) is 0 Å². The van der Waals surface area contributed by atoms with Gasteiger partial charge in [-0.2, -0.15) is 0 Å². The van der Waals surface area contributed by atoms with Gasteiger partial charge in [0.05, 0.1) is 0 Å². The number of carbonyl (C=O) groups excluding carboxylic acids is 2. The van der Waals surface area contributed by atoms with Crippen LogP contribution < -0.4 is 0 Å². The highest BCUT2D eigenvalue weighted by Gasteiger charge is 2.49. The summed E-state index contributed by atoms with van der Waals surface area (Å²) in [5.74, 6) is -0.0691. The zero-order valence-electron chi connectivity index (χ0n) is 12.8. The summed E-state index contributed by atoms with van der Waals surface area (Å²) in [7, 11) is 0. The molecule has 1 fully saturated rings. The minimum Gasteiger partial charge on any atom is -0.346 e. The molecule has 1 amide bonds. The van der Waals surface area contributed by atoms with Gasteiger partial charge in [0.1, 0.15) is 24.2 Å². The van der Waals surface area contributed by atoms with E-state index < -0.39 is 17.9 Å². The van der Waals surface area contributed by atoms with Gasteiger partial charge in [-0.1, -0.05) is 19.1 Å². The van der Waals surface area contributed by atoms with E-state index in [1.54, 1.807) is 23.6 Å². The van der Waals surface area contributed by atoms with Gasteiger partial charge in [0.15, 0.2) is 0 Å². The van der Waals surface area contributed by atoms with Crippen LogP contribution in [0.2, 0.25) is 0 Å². The Morgan fingerprint density at radius 2 is 2.00 bits per heavy atom. The van der Waals surface area contributed by atoms with Crippen LogP contribution in [-0.4, -0.2) is 35.1 Å². The maximum absolute atomic E-state index is 12.2. The van der Waals surface area contributed by atoms with Crippen molar-refractivity contribution >= 4 is 24.0 Å².